The summed E-state index contributed by atoms with van der Waals surface area (Å²) in [5.74, 6) is 0.395. The molecule has 2 aromatic rings. The minimum absolute atomic E-state index is 0.0524. The van der Waals surface area contributed by atoms with E-state index in [9.17, 15) is 14.9 Å². The number of carbonyl (C=O) groups excluding carboxylic acids is 2. The molecular weight excluding hydrogens is 392 g/mol. The molecule has 2 heterocycles. The lowest BCUT2D eigenvalue weighted by atomic mass is 9.94. The third kappa shape index (κ3) is 4.81. The van der Waals surface area contributed by atoms with Gasteiger partial charge in [0.1, 0.15) is 22.4 Å². The highest BCUT2D eigenvalue weighted by molar-refractivity contribution is 8.00. The van der Waals surface area contributed by atoms with Crippen molar-refractivity contribution in [2.75, 3.05) is 5.75 Å². The van der Waals surface area contributed by atoms with E-state index >= 15 is 0 Å². The van der Waals surface area contributed by atoms with Crippen LogP contribution >= 0.6 is 23.1 Å². The monoisotopic (exact) mass is 414 g/mol. The van der Waals surface area contributed by atoms with E-state index in [1.54, 1.807) is 12.1 Å². The Balaban J connectivity index is 1.78. The van der Waals surface area contributed by atoms with Crippen molar-refractivity contribution in [3.05, 3.63) is 39.2 Å². The van der Waals surface area contributed by atoms with E-state index < -0.39 is 0 Å². The SMILES string of the molecule is CC(C)Oc1c(C#N)c(SCC(=O)CC(=O)c2cccs2)nc2c1CCCC2. The van der Waals surface area contributed by atoms with Crippen LogP contribution in [0.15, 0.2) is 22.5 Å². The Bertz CT molecular complexity index is 915. The molecule has 0 unspecified atom stereocenters. The van der Waals surface area contributed by atoms with Gasteiger partial charge >= 0.3 is 0 Å². The second-order valence-corrected chi connectivity index (χ2v) is 8.85. The van der Waals surface area contributed by atoms with Gasteiger partial charge in [0.25, 0.3) is 0 Å². The van der Waals surface area contributed by atoms with Crippen LogP contribution in [0.3, 0.4) is 0 Å². The fraction of sp³-hybridized carbons (Fsp3) is 0.429. The van der Waals surface area contributed by atoms with Crippen molar-refractivity contribution < 1.29 is 14.3 Å². The van der Waals surface area contributed by atoms with E-state index in [2.05, 4.69) is 11.1 Å². The Morgan fingerprint density at radius 1 is 1.36 bits per heavy atom. The van der Waals surface area contributed by atoms with Crippen LogP contribution < -0.4 is 4.74 Å². The number of aromatic nitrogens is 1. The van der Waals surface area contributed by atoms with Gasteiger partial charge in [0.2, 0.25) is 0 Å². The molecule has 5 nitrogen and oxygen atoms in total. The van der Waals surface area contributed by atoms with Crippen molar-refractivity contribution in [2.45, 2.75) is 57.1 Å². The predicted octanol–water partition coefficient (Wildman–Crippen LogP) is 4.61. The first-order chi connectivity index (χ1) is 13.5. The molecule has 0 aromatic carbocycles. The summed E-state index contributed by atoms with van der Waals surface area (Å²) in [6.07, 6.45) is 3.65. The van der Waals surface area contributed by atoms with Gasteiger partial charge in [0, 0.05) is 11.3 Å². The molecule has 0 amide bonds. The quantitative estimate of drug-likeness (QED) is 0.356. The first-order valence-corrected chi connectivity index (χ1v) is 11.2. The average Bonchev–Trinajstić information content (AvgIpc) is 3.21. The van der Waals surface area contributed by atoms with Crippen LogP contribution in [0, 0.1) is 11.3 Å². The van der Waals surface area contributed by atoms with E-state index in [4.69, 9.17) is 4.74 Å². The third-order valence-electron chi connectivity index (χ3n) is 4.38. The summed E-state index contributed by atoms with van der Waals surface area (Å²) in [4.78, 5) is 29.7. The largest absolute Gasteiger partial charge is 0.489 e. The lowest BCUT2D eigenvalue weighted by molar-refractivity contribution is -0.115. The van der Waals surface area contributed by atoms with Crippen LogP contribution in [0.5, 0.6) is 5.75 Å². The Morgan fingerprint density at radius 3 is 2.82 bits per heavy atom. The number of pyridine rings is 1. The molecule has 0 spiro atoms. The summed E-state index contributed by atoms with van der Waals surface area (Å²) in [5.41, 5.74) is 2.39. The zero-order valence-corrected chi connectivity index (χ0v) is 17.6. The number of rotatable bonds is 8. The number of nitrogens with zero attached hydrogens (tertiary/aromatic N) is 2. The van der Waals surface area contributed by atoms with Gasteiger partial charge in [0.15, 0.2) is 11.6 Å². The molecule has 3 rings (SSSR count). The van der Waals surface area contributed by atoms with Crippen LogP contribution in [0.1, 0.15) is 59.6 Å². The zero-order valence-electron chi connectivity index (χ0n) is 16.0. The molecule has 0 bridgehead atoms. The first kappa shape index (κ1) is 20.6. The van der Waals surface area contributed by atoms with Gasteiger partial charge in [-0.1, -0.05) is 17.8 Å². The van der Waals surface area contributed by atoms with Crippen LogP contribution in [-0.4, -0.2) is 28.4 Å². The van der Waals surface area contributed by atoms with Gasteiger partial charge in [-0.2, -0.15) is 5.26 Å². The van der Waals surface area contributed by atoms with Gasteiger partial charge in [-0.05, 0) is 51.0 Å². The van der Waals surface area contributed by atoms with E-state index in [1.807, 2.05) is 19.2 Å². The van der Waals surface area contributed by atoms with Gasteiger partial charge in [-0.15, -0.1) is 11.3 Å². The van der Waals surface area contributed by atoms with Crippen molar-refractivity contribution in [3.8, 4) is 11.8 Å². The topological polar surface area (TPSA) is 80.0 Å². The van der Waals surface area contributed by atoms with Gasteiger partial charge in [-0.25, -0.2) is 4.98 Å². The summed E-state index contributed by atoms with van der Waals surface area (Å²) in [6.45, 7) is 3.87. The molecule has 1 aliphatic rings. The number of hydrogen-bond donors (Lipinski definition) is 0. The zero-order chi connectivity index (χ0) is 20.1. The Labute approximate surface area is 173 Å². The summed E-state index contributed by atoms with van der Waals surface area (Å²) in [5, 5.41) is 12.1. The number of carbonyl (C=O) groups is 2. The highest BCUT2D eigenvalue weighted by Gasteiger charge is 2.24. The number of fused-ring (bicyclic) bond motifs is 1. The number of ether oxygens (including phenoxy) is 1. The number of thioether (sulfide) groups is 1. The summed E-state index contributed by atoms with van der Waals surface area (Å²) in [7, 11) is 0. The van der Waals surface area contributed by atoms with E-state index in [0.29, 0.717) is 21.2 Å². The van der Waals surface area contributed by atoms with E-state index in [1.165, 1.54) is 23.1 Å². The second-order valence-electron chi connectivity index (χ2n) is 6.94. The molecule has 0 saturated heterocycles. The Kier molecular flexibility index (Phi) is 6.87. The summed E-state index contributed by atoms with van der Waals surface area (Å²) in [6, 6.07) is 5.74. The molecule has 2 aromatic heterocycles. The van der Waals surface area contributed by atoms with Gasteiger partial charge in [0.05, 0.1) is 23.2 Å². The van der Waals surface area contributed by atoms with Crippen LogP contribution in [0.2, 0.25) is 0 Å². The standard InChI is InChI=1S/C21H22N2O3S2/c1-13(2)26-20-15-6-3-4-7-17(15)23-21(16(20)11-22)28-12-14(24)10-18(25)19-8-5-9-27-19/h5,8-9,13H,3-4,6-7,10,12H2,1-2H3. The number of thiophene rings is 1. The van der Waals surface area contributed by atoms with Crippen molar-refractivity contribution in [2.24, 2.45) is 0 Å². The summed E-state index contributed by atoms with van der Waals surface area (Å²) >= 11 is 2.56. The third-order valence-corrected chi connectivity index (χ3v) is 6.33. The predicted molar refractivity (Wildman–Crippen MR) is 110 cm³/mol. The maximum atomic E-state index is 12.3. The average molecular weight is 415 g/mol. The van der Waals surface area contributed by atoms with E-state index in [-0.39, 0.29) is 29.8 Å². The molecule has 0 radical (unpaired) electrons. The molecule has 0 atom stereocenters. The molecular formula is C21H22N2O3S2. The molecule has 7 heteroatoms. The Hall–Kier alpha value is -2.17. The van der Waals surface area contributed by atoms with Crippen molar-refractivity contribution in [3.63, 3.8) is 0 Å². The molecule has 0 aliphatic heterocycles. The Morgan fingerprint density at radius 2 is 2.14 bits per heavy atom. The minimum atomic E-state index is -0.168. The maximum absolute atomic E-state index is 12.3. The lowest BCUT2D eigenvalue weighted by Crippen LogP contribution is -2.15. The number of nitriles is 1. The highest BCUT2D eigenvalue weighted by atomic mass is 32.2. The van der Waals surface area contributed by atoms with Crippen molar-refractivity contribution in [1.29, 1.82) is 5.26 Å². The van der Waals surface area contributed by atoms with Crippen LogP contribution in [0.25, 0.3) is 0 Å². The number of aryl methyl sites for hydroxylation is 1. The first-order valence-electron chi connectivity index (χ1n) is 9.33. The maximum Gasteiger partial charge on any atom is 0.180 e. The molecule has 0 N–H and O–H groups in total. The van der Waals surface area contributed by atoms with Gasteiger partial charge in [-0.3, -0.25) is 9.59 Å². The number of ketones is 2. The lowest BCUT2D eigenvalue weighted by Gasteiger charge is -2.23. The van der Waals surface area contributed by atoms with Crippen molar-refractivity contribution in [1.82, 2.24) is 4.98 Å². The highest BCUT2D eigenvalue weighted by Crippen LogP contribution is 2.37. The smallest absolute Gasteiger partial charge is 0.180 e. The normalized spacial score (nSPS) is 13.1. The summed E-state index contributed by atoms with van der Waals surface area (Å²) < 4.78 is 5.98. The van der Waals surface area contributed by atoms with Crippen LogP contribution in [0.4, 0.5) is 0 Å². The van der Waals surface area contributed by atoms with Crippen LogP contribution in [-0.2, 0) is 17.6 Å². The molecule has 0 saturated carbocycles. The fourth-order valence-corrected chi connectivity index (χ4v) is 4.68. The van der Waals surface area contributed by atoms with Gasteiger partial charge < -0.3 is 4.74 Å². The van der Waals surface area contributed by atoms with E-state index in [0.717, 1.165) is 36.9 Å². The minimum Gasteiger partial charge on any atom is -0.489 e. The fourth-order valence-electron chi connectivity index (χ4n) is 3.16. The molecule has 0 fully saturated rings. The second kappa shape index (κ2) is 9.35. The molecule has 28 heavy (non-hydrogen) atoms. The number of Topliss-reactive ketones (excluding diaryl/α,β-unsaturated/α-hetero) is 2. The molecule has 146 valence electrons. The molecule has 1 aliphatic carbocycles. The van der Waals surface area contributed by atoms with Crippen molar-refractivity contribution >= 4 is 34.7 Å². The number of hydrogen-bond acceptors (Lipinski definition) is 7.